The lowest BCUT2D eigenvalue weighted by Gasteiger charge is -2.11. The predicted molar refractivity (Wildman–Crippen MR) is 54.0 cm³/mol. The van der Waals surface area contributed by atoms with E-state index in [1.807, 2.05) is 0 Å². The number of benzene rings is 1. The summed E-state index contributed by atoms with van der Waals surface area (Å²) in [7, 11) is -3.48. The van der Waals surface area contributed by atoms with Crippen LogP contribution >= 0.6 is 0 Å². The fraction of sp³-hybridized carbons (Fsp3) is 0.400. The summed E-state index contributed by atoms with van der Waals surface area (Å²) >= 11 is 0. The molecule has 0 saturated heterocycles. The van der Waals surface area contributed by atoms with Crippen molar-refractivity contribution in [2.45, 2.75) is 24.4 Å². The summed E-state index contributed by atoms with van der Waals surface area (Å²) in [5.74, 6) is 0. The van der Waals surface area contributed by atoms with E-state index in [9.17, 15) is 21.6 Å². The zero-order valence-electron chi connectivity index (χ0n) is 8.80. The van der Waals surface area contributed by atoms with Gasteiger partial charge in [-0.05, 0) is 24.1 Å². The molecule has 0 amide bonds. The van der Waals surface area contributed by atoms with Gasteiger partial charge in [0.1, 0.15) is 0 Å². The van der Waals surface area contributed by atoms with Crippen molar-refractivity contribution in [3.63, 3.8) is 0 Å². The van der Waals surface area contributed by atoms with E-state index in [-0.39, 0.29) is 16.0 Å². The van der Waals surface area contributed by atoms with Crippen molar-refractivity contribution in [3.8, 4) is 0 Å². The van der Waals surface area contributed by atoms with E-state index in [1.165, 1.54) is 25.1 Å². The highest BCUT2D eigenvalue weighted by atomic mass is 32.2. The number of halogens is 3. The molecule has 2 nitrogen and oxygen atoms in total. The summed E-state index contributed by atoms with van der Waals surface area (Å²) in [4.78, 5) is -0.0470. The Kier molecular flexibility index (Phi) is 3.33. The molecule has 0 fully saturated rings. The first-order valence-corrected chi connectivity index (χ1v) is 6.36. The molecule has 1 aromatic carbocycles. The zero-order chi connectivity index (χ0) is 12.6. The van der Waals surface area contributed by atoms with Crippen molar-refractivity contribution in [1.29, 1.82) is 0 Å². The summed E-state index contributed by atoms with van der Waals surface area (Å²) in [5, 5.41) is 0. The van der Waals surface area contributed by atoms with Crippen LogP contribution in [0.4, 0.5) is 13.2 Å². The maximum atomic E-state index is 12.2. The number of sulfone groups is 1. The minimum absolute atomic E-state index is 0.00424. The predicted octanol–water partition coefficient (Wildman–Crippen LogP) is 2.50. The molecule has 90 valence electrons. The standard InChI is InChI=1S/C10H11F3O2S/c1-7-8(6-10(11,12)13)4-3-5-9(7)16(2,14)15/h3-5H,6H2,1-2H3. The first-order valence-electron chi connectivity index (χ1n) is 4.46. The molecule has 16 heavy (non-hydrogen) atoms. The number of alkyl halides is 3. The van der Waals surface area contributed by atoms with Crippen molar-refractivity contribution < 1.29 is 21.6 Å². The zero-order valence-corrected chi connectivity index (χ0v) is 9.61. The van der Waals surface area contributed by atoms with Gasteiger partial charge in [-0.15, -0.1) is 0 Å². The Balaban J connectivity index is 3.25. The molecular weight excluding hydrogens is 241 g/mol. The molecule has 0 heterocycles. The van der Waals surface area contributed by atoms with Crippen LogP contribution in [-0.2, 0) is 16.3 Å². The maximum absolute atomic E-state index is 12.2. The van der Waals surface area contributed by atoms with E-state index in [0.717, 1.165) is 6.26 Å². The molecule has 1 aromatic rings. The van der Waals surface area contributed by atoms with Gasteiger partial charge in [0, 0.05) is 6.26 Å². The van der Waals surface area contributed by atoms with Gasteiger partial charge in [0.15, 0.2) is 9.84 Å². The average Bonchev–Trinajstić information content (AvgIpc) is 2.04. The van der Waals surface area contributed by atoms with E-state index in [1.54, 1.807) is 0 Å². The van der Waals surface area contributed by atoms with E-state index in [0.29, 0.717) is 0 Å². The molecular formula is C10H11F3O2S. The van der Waals surface area contributed by atoms with Crippen molar-refractivity contribution in [2.24, 2.45) is 0 Å². The minimum atomic E-state index is -4.33. The van der Waals surface area contributed by atoms with Crippen LogP contribution in [0.15, 0.2) is 23.1 Å². The molecule has 0 unspecified atom stereocenters. The first kappa shape index (κ1) is 13.0. The lowest BCUT2D eigenvalue weighted by molar-refractivity contribution is -0.127. The van der Waals surface area contributed by atoms with Gasteiger partial charge in [0.05, 0.1) is 11.3 Å². The quantitative estimate of drug-likeness (QED) is 0.810. The Labute approximate surface area is 92.0 Å². The van der Waals surface area contributed by atoms with E-state index in [4.69, 9.17) is 0 Å². The van der Waals surface area contributed by atoms with Gasteiger partial charge in [-0.3, -0.25) is 0 Å². The number of rotatable bonds is 2. The summed E-state index contributed by atoms with van der Waals surface area (Å²) in [5.41, 5.74) is 0.165. The van der Waals surface area contributed by atoms with Gasteiger partial charge in [0.2, 0.25) is 0 Å². The maximum Gasteiger partial charge on any atom is 0.393 e. The number of hydrogen-bond donors (Lipinski definition) is 0. The van der Waals surface area contributed by atoms with Crippen molar-refractivity contribution in [1.82, 2.24) is 0 Å². The molecule has 0 aliphatic heterocycles. The molecule has 0 radical (unpaired) electrons. The molecule has 6 heteroatoms. The molecule has 0 aliphatic carbocycles. The Morgan fingerprint density at radius 3 is 2.25 bits per heavy atom. The molecule has 0 aliphatic rings. The van der Waals surface area contributed by atoms with Crippen LogP contribution in [0.1, 0.15) is 11.1 Å². The van der Waals surface area contributed by atoms with Gasteiger partial charge >= 0.3 is 6.18 Å². The SMILES string of the molecule is Cc1c(CC(F)(F)F)cccc1S(C)(=O)=O. The molecule has 0 bridgehead atoms. The highest BCUT2D eigenvalue weighted by Crippen LogP contribution is 2.26. The lowest BCUT2D eigenvalue weighted by Crippen LogP contribution is -2.13. The first-order chi connectivity index (χ1) is 7.11. The van der Waals surface area contributed by atoms with E-state index < -0.39 is 22.4 Å². The van der Waals surface area contributed by atoms with Crippen LogP contribution in [0.3, 0.4) is 0 Å². The van der Waals surface area contributed by atoms with Gasteiger partial charge in [-0.25, -0.2) is 8.42 Å². The highest BCUT2D eigenvalue weighted by molar-refractivity contribution is 7.90. The Morgan fingerprint density at radius 2 is 1.81 bits per heavy atom. The third kappa shape index (κ3) is 3.23. The molecule has 1 rings (SSSR count). The molecule has 0 saturated carbocycles. The lowest BCUT2D eigenvalue weighted by atomic mass is 10.1. The second-order valence-electron chi connectivity index (χ2n) is 3.60. The highest BCUT2D eigenvalue weighted by Gasteiger charge is 2.29. The molecule has 0 atom stereocenters. The summed E-state index contributed by atoms with van der Waals surface area (Å²) < 4.78 is 59.2. The number of hydrogen-bond acceptors (Lipinski definition) is 2. The van der Waals surface area contributed by atoms with Crippen molar-refractivity contribution in [3.05, 3.63) is 29.3 Å². The van der Waals surface area contributed by atoms with E-state index in [2.05, 4.69) is 0 Å². The average molecular weight is 252 g/mol. The second kappa shape index (κ2) is 4.08. The Bertz CT molecular complexity index is 489. The fourth-order valence-corrected chi connectivity index (χ4v) is 2.48. The van der Waals surface area contributed by atoms with Crippen LogP contribution in [0.5, 0.6) is 0 Å². The normalized spacial score (nSPS) is 12.8. The molecule has 0 N–H and O–H groups in total. The van der Waals surface area contributed by atoms with Gasteiger partial charge in [0.25, 0.3) is 0 Å². The van der Waals surface area contributed by atoms with Gasteiger partial charge < -0.3 is 0 Å². The second-order valence-corrected chi connectivity index (χ2v) is 5.59. The monoisotopic (exact) mass is 252 g/mol. The Hall–Kier alpha value is -1.04. The van der Waals surface area contributed by atoms with Crippen LogP contribution < -0.4 is 0 Å². The van der Waals surface area contributed by atoms with Crippen molar-refractivity contribution in [2.75, 3.05) is 6.26 Å². The van der Waals surface area contributed by atoms with Crippen molar-refractivity contribution >= 4 is 9.84 Å². The third-order valence-electron chi connectivity index (χ3n) is 2.19. The Morgan fingerprint density at radius 1 is 1.25 bits per heavy atom. The van der Waals surface area contributed by atoms with Crippen LogP contribution in [0, 0.1) is 6.92 Å². The summed E-state index contributed by atoms with van der Waals surface area (Å²) in [6.07, 6.45) is -4.46. The summed E-state index contributed by atoms with van der Waals surface area (Å²) in [6, 6.07) is 3.92. The topological polar surface area (TPSA) is 34.1 Å². The minimum Gasteiger partial charge on any atom is -0.224 e. The third-order valence-corrected chi connectivity index (χ3v) is 3.43. The summed E-state index contributed by atoms with van der Waals surface area (Å²) in [6.45, 7) is 1.39. The largest absolute Gasteiger partial charge is 0.393 e. The van der Waals surface area contributed by atoms with Crippen LogP contribution in [-0.4, -0.2) is 20.8 Å². The van der Waals surface area contributed by atoms with Crippen LogP contribution in [0.2, 0.25) is 0 Å². The van der Waals surface area contributed by atoms with E-state index >= 15 is 0 Å². The fourth-order valence-electron chi connectivity index (χ4n) is 1.47. The smallest absolute Gasteiger partial charge is 0.224 e. The van der Waals surface area contributed by atoms with Gasteiger partial charge in [-0.2, -0.15) is 13.2 Å². The molecule has 0 spiro atoms. The molecule has 0 aromatic heterocycles. The van der Waals surface area contributed by atoms with Crippen LogP contribution in [0.25, 0.3) is 0 Å². The van der Waals surface area contributed by atoms with Gasteiger partial charge in [-0.1, -0.05) is 12.1 Å².